The smallest absolute Gasteiger partial charge is 0.0184 e. The Morgan fingerprint density at radius 3 is 0.875 bits per heavy atom. The van der Waals surface area contributed by atoms with Crippen molar-refractivity contribution in [2.24, 2.45) is 0 Å². The number of fused-ring (bicyclic) bond motifs is 2. The molecule has 76 valence electrons. The van der Waals surface area contributed by atoms with E-state index in [4.69, 9.17) is 0 Å². The molecule has 0 bridgehead atoms. The van der Waals surface area contributed by atoms with Crippen LogP contribution in [-0.4, -0.2) is 0 Å². The first-order valence-electron chi connectivity index (χ1n) is 5.48. The standard InChI is InChI=1S/C16H12/c1-2-6-14-11-12-16-8-4-3-7-15(16)10-9-13(14)5-1/h1-12H. The third-order valence-corrected chi connectivity index (χ3v) is 2.88. The lowest BCUT2D eigenvalue weighted by atomic mass is 9.99. The Balaban J connectivity index is 2.18. The Kier molecular flexibility index (Phi) is 2.19. The largest absolute Gasteiger partial charge is 0.0616 e. The molecule has 0 N–H and O–H groups in total. The van der Waals surface area contributed by atoms with Gasteiger partial charge in [0.1, 0.15) is 0 Å². The van der Waals surface area contributed by atoms with E-state index in [2.05, 4.69) is 72.8 Å². The third-order valence-electron chi connectivity index (χ3n) is 2.88. The Hall–Kier alpha value is -2.08. The molecular formula is C16H12. The van der Waals surface area contributed by atoms with E-state index < -0.39 is 0 Å². The van der Waals surface area contributed by atoms with E-state index in [9.17, 15) is 0 Å². The van der Waals surface area contributed by atoms with Crippen LogP contribution in [0.3, 0.4) is 0 Å². The van der Waals surface area contributed by atoms with Crippen LogP contribution in [0.5, 0.6) is 0 Å². The van der Waals surface area contributed by atoms with Crippen LogP contribution in [-0.2, 0) is 0 Å². The van der Waals surface area contributed by atoms with Crippen LogP contribution < -0.4 is 0 Å². The van der Waals surface area contributed by atoms with Crippen LogP contribution >= 0.6 is 0 Å². The van der Waals surface area contributed by atoms with E-state index in [0.29, 0.717) is 0 Å². The number of hydrogen-bond acceptors (Lipinski definition) is 0. The van der Waals surface area contributed by atoms with Crippen LogP contribution in [0.1, 0.15) is 22.3 Å². The van der Waals surface area contributed by atoms with Crippen molar-refractivity contribution in [2.75, 3.05) is 0 Å². The average molecular weight is 204 g/mol. The molecule has 1 aliphatic carbocycles. The highest BCUT2D eigenvalue weighted by Gasteiger charge is 2.00. The summed E-state index contributed by atoms with van der Waals surface area (Å²) in [5.74, 6) is 0. The number of rotatable bonds is 0. The summed E-state index contributed by atoms with van der Waals surface area (Å²) in [6.45, 7) is 0. The van der Waals surface area contributed by atoms with Gasteiger partial charge < -0.3 is 0 Å². The normalized spacial score (nSPS) is 12.5. The molecule has 1 aliphatic rings. The molecule has 0 heteroatoms. The molecule has 0 spiro atoms. The van der Waals surface area contributed by atoms with E-state index in [1.807, 2.05) is 0 Å². The zero-order valence-electron chi connectivity index (χ0n) is 8.93. The second-order valence-corrected chi connectivity index (χ2v) is 3.92. The van der Waals surface area contributed by atoms with Gasteiger partial charge in [-0.25, -0.2) is 0 Å². The Morgan fingerprint density at radius 2 is 0.625 bits per heavy atom. The van der Waals surface area contributed by atoms with Gasteiger partial charge >= 0.3 is 0 Å². The zero-order chi connectivity index (χ0) is 10.8. The molecule has 0 aliphatic heterocycles. The molecule has 2 aromatic rings. The summed E-state index contributed by atoms with van der Waals surface area (Å²) in [5.41, 5.74) is 5.09. The van der Waals surface area contributed by atoms with Gasteiger partial charge in [-0.05, 0) is 22.3 Å². The molecule has 0 radical (unpaired) electrons. The summed E-state index contributed by atoms with van der Waals surface area (Å²) in [6.07, 6.45) is 8.71. The van der Waals surface area contributed by atoms with Crippen molar-refractivity contribution in [2.45, 2.75) is 0 Å². The van der Waals surface area contributed by atoms with Gasteiger partial charge in [-0.1, -0.05) is 72.8 Å². The molecular weight excluding hydrogens is 192 g/mol. The highest BCUT2D eigenvalue weighted by molar-refractivity contribution is 5.85. The molecule has 0 fully saturated rings. The van der Waals surface area contributed by atoms with Gasteiger partial charge in [-0.3, -0.25) is 0 Å². The van der Waals surface area contributed by atoms with Crippen molar-refractivity contribution < 1.29 is 0 Å². The van der Waals surface area contributed by atoms with Crippen molar-refractivity contribution in [3.05, 3.63) is 70.8 Å². The van der Waals surface area contributed by atoms with Crippen molar-refractivity contribution in [1.29, 1.82) is 0 Å². The van der Waals surface area contributed by atoms with E-state index in [-0.39, 0.29) is 0 Å². The molecule has 0 atom stereocenters. The van der Waals surface area contributed by atoms with Crippen LogP contribution in [0.25, 0.3) is 24.3 Å². The SMILES string of the molecule is C1=Cc2ccccc2C=Cc2ccccc21. The lowest BCUT2D eigenvalue weighted by molar-refractivity contribution is 1.58. The van der Waals surface area contributed by atoms with E-state index in [0.717, 1.165) is 0 Å². The van der Waals surface area contributed by atoms with Gasteiger partial charge in [-0.15, -0.1) is 0 Å². The second kappa shape index (κ2) is 3.82. The molecule has 0 unspecified atom stereocenters. The van der Waals surface area contributed by atoms with Gasteiger partial charge in [0.05, 0.1) is 0 Å². The first-order chi connectivity index (χ1) is 7.93. The van der Waals surface area contributed by atoms with Crippen LogP contribution in [0.2, 0.25) is 0 Å². The average Bonchev–Trinajstić information content (AvgIpc) is 2.32. The lowest BCUT2D eigenvalue weighted by Gasteiger charge is -2.06. The number of hydrogen-bond donors (Lipinski definition) is 0. The monoisotopic (exact) mass is 204 g/mol. The Morgan fingerprint density at radius 1 is 0.375 bits per heavy atom. The summed E-state index contributed by atoms with van der Waals surface area (Å²) >= 11 is 0. The first kappa shape index (κ1) is 9.17. The Labute approximate surface area is 95.6 Å². The topological polar surface area (TPSA) is 0 Å². The zero-order valence-corrected chi connectivity index (χ0v) is 8.93. The van der Waals surface area contributed by atoms with Gasteiger partial charge in [0, 0.05) is 0 Å². The predicted octanol–water partition coefficient (Wildman–Crippen LogP) is 4.34. The van der Waals surface area contributed by atoms with Crippen LogP contribution in [0.4, 0.5) is 0 Å². The second-order valence-electron chi connectivity index (χ2n) is 3.92. The van der Waals surface area contributed by atoms with Gasteiger partial charge in [0.25, 0.3) is 0 Å². The van der Waals surface area contributed by atoms with Crippen molar-refractivity contribution in [3.8, 4) is 0 Å². The van der Waals surface area contributed by atoms with Gasteiger partial charge in [0.15, 0.2) is 0 Å². The molecule has 3 rings (SSSR count). The Bertz CT molecular complexity index is 471. The maximum absolute atomic E-state index is 2.18. The molecule has 0 nitrogen and oxygen atoms in total. The van der Waals surface area contributed by atoms with Crippen LogP contribution in [0.15, 0.2) is 48.5 Å². The first-order valence-corrected chi connectivity index (χ1v) is 5.48. The third kappa shape index (κ3) is 1.59. The van der Waals surface area contributed by atoms with Gasteiger partial charge in [-0.2, -0.15) is 0 Å². The lowest BCUT2D eigenvalue weighted by Crippen LogP contribution is -1.85. The summed E-state index contributed by atoms with van der Waals surface area (Å²) in [6, 6.07) is 16.9. The molecule has 0 aromatic heterocycles. The van der Waals surface area contributed by atoms with Crippen LogP contribution in [0, 0.1) is 0 Å². The molecule has 0 amide bonds. The van der Waals surface area contributed by atoms with Crippen molar-refractivity contribution in [3.63, 3.8) is 0 Å². The van der Waals surface area contributed by atoms with E-state index in [1.54, 1.807) is 0 Å². The van der Waals surface area contributed by atoms with Crippen molar-refractivity contribution in [1.82, 2.24) is 0 Å². The van der Waals surface area contributed by atoms with Gasteiger partial charge in [0.2, 0.25) is 0 Å². The fraction of sp³-hybridized carbons (Fsp3) is 0. The molecule has 2 aromatic carbocycles. The summed E-state index contributed by atoms with van der Waals surface area (Å²) in [5, 5.41) is 0. The number of benzene rings is 2. The fourth-order valence-electron chi connectivity index (χ4n) is 1.99. The van der Waals surface area contributed by atoms with E-state index >= 15 is 0 Å². The maximum Gasteiger partial charge on any atom is -0.0184 e. The molecule has 0 saturated heterocycles. The predicted molar refractivity (Wildman–Crippen MR) is 70.7 cm³/mol. The summed E-state index contributed by atoms with van der Waals surface area (Å²) < 4.78 is 0. The minimum absolute atomic E-state index is 1.27. The fourth-order valence-corrected chi connectivity index (χ4v) is 1.99. The quantitative estimate of drug-likeness (QED) is 0.511. The minimum atomic E-state index is 1.27. The molecule has 0 saturated carbocycles. The minimum Gasteiger partial charge on any atom is -0.0616 e. The highest BCUT2D eigenvalue weighted by Crippen LogP contribution is 2.22. The highest BCUT2D eigenvalue weighted by atomic mass is 14.0. The summed E-state index contributed by atoms with van der Waals surface area (Å²) in [4.78, 5) is 0. The van der Waals surface area contributed by atoms with Crippen molar-refractivity contribution >= 4 is 24.3 Å². The maximum atomic E-state index is 2.18. The molecule has 0 heterocycles. The molecule has 16 heavy (non-hydrogen) atoms. The van der Waals surface area contributed by atoms with E-state index in [1.165, 1.54) is 22.3 Å². The summed E-state index contributed by atoms with van der Waals surface area (Å²) in [7, 11) is 0.